The molecule has 2 nitrogen and oxygen atoms in total. The Balaban J connectivity index is 2.11. The van der Waals surface area contributed by atoms with E-state index >= 15 is 0 Å². The molecule has 4 rings (SSSR count). The highest BCUT2D eigenvalue weighted by atomic mass is 16.3. The van der Waals surface area contributed by atoms with Crippen LogP contribution in [0.5, 0.6) is 0 Å². The van der Waals surface area contributed by atoms with Crippen molar-refractivity contribution in [3.8, 4) is 0 Å². The minimum atomic E-state index is -1.24. The molecule has 2 heteroatoms. The molecule has 1 N–H and O–H groups in total. The maximum Gasteiger partial charge on any atom is 0.141 e. The molecule has 0 saturated heterocycles. The highest BCUT2D eigenvalue weighted by Crippen LogP contribution is 2.42. The smallest absolute Gasteiger partial charge is 0.141 e. The van der Waals surface area contributed by atoms with Crippen LogP contribution in [0.25, 0.3) is 10.8 Å². The summed E-state index contributed by atoms with van der Waals surface area (Å²) in [6, 6.07) is 32.5. The summed E-state index contributed by atoms with van der Waals surface area (Å²) in [7, 11) is 4.12. The van der Waals surface area contributed by atoms with Gasteiger partial charge in [-0.3, -0.25) is 0 Å². The summed E-state index contributed by atoms with van der Waals surface area (Å²) in [6.07, 6.45) is 0. The molecule has 4 aromatic carbocycles. The first kappa shape index (κ1) is 18.4. The average molecular weight is 367 g/mol. The van der Waals surface area contributed by atoms with Gasteiger partial charge in [0.25, 0.3) is 0 Å². The first-order valence-corrected chi connectivity index (χ1v) is 9.60. The van der Waals surface area contributed by atoms with Crippen LogP contribution in [-0.2, 0) is 12.1 Å². The lowest BCUT2D eigenvalue weighted by molar-refractivity contribution is 0.125. The van der Waals surface area contributed by atoms with Crippen LogP contribution < -0.4 is 0 Å². The topological polar surface area (TPSA) is 23.5 Å². The molecule has 0 aliphatic rings. The fraction of sp³-hybridized carbons (Fsp3) is 0.154. The van der Waals surface area contributed by atoms with Crippen molar-refractivity contribution in [3.63, 3.8) is 0 Å². The van der Waals surface area contributed by atoms with Crippen molar-refractivity contribution in [1.82, 2.24) is 4.90 Å². The van der Waals surface area contributed by atoms with Gasteiger partial charge in [-0.25, -0.2) is 0 Å². The van der Waals surface area contributed by atoms with Crippen LogP contribution in [0.3, 0.4) is 0 Å². The monoisotopic (exact) mass is 367 g/mol. The predicted octanol–water partition coefficient (Wildman–Crippen LogP) is 5.19. The third-order valence-electron chi connectivity index (χ3n) is 5.25. The number of fused-ring (bicyclic) bond motifs is 1. The Labute approximate surface area is 166 Å². The van der Waals surface area contributed by atoms with E-state index in [1.165, 1.54) is 0 Å². The molecule has 28 heavy (non-hydrogen) atoms. The maximum atomic E-state index is 12.4. The van der Waals surface area contributed by atoms with Crippen LogP contribution in [0, 0.1) is 0 Å². The van der Waals surface area contributed by atoms with E-state index in [-0.39, 0.29) is 0 Å². The van der Waals surface area contributed by atoms with Gasteiger partial charge in [0, 0.05) is 12.1 Å². The number of nitrogens with zero attached hydrogens (tertiary/aromatic N) is 1. The Morgan fingerprint density at radius 3 is 1.79 bits per heavy atom. The van der Waals surface area contributed by atoms with Gasteiger partial charge in [-0.1, -0.05) is 97.1 Å². The molecule has 0 aromatic heterocycles. The lowest BCUT2D eigenvalue weighted by atomic mass is 9.76. The Morgan fingerprint density at radius 1 is 0.679 bits per heavy atom. The van der Waals surface area contributed by atoms with E-state index in [2.05, 4.69) is 43.3 Å². The van der Waals surface area contributed by atoms with Gasteiger partial charge in [-0.15, -0.1) is 0 Å². The van der Waals surface area contributed by atoms with E-state index in [0.29, 0.717) is 0 Å². The molecular formula is C26H25NO. The van der Waals surface area contributed by atoms with Crippen molar-refractivity contribution in [2.24, 2.45) is 0 Å². The Morgan fingerprint density at radius 2 is 1.21 bits per heavy atom. The molecule has 4 aromatic rings. The van der Waals surface area contributed by atoms with Crippen LogP contribution >= 0.6 is 0 Å². The van der Waals surface area contributed by atoms with Crippen molar-refractivity contribution in [2.45, 2.75) is 12.1 Å². The highest BCUT2D eigenvalue weighted by molar-refractivity contribution is 5.89. The molecule has 0 aliphatic heterocycles. The van der Waals surface area contributed by atoms with E-state index in [1.807, 2.05) is 72.8 Å². The zero-order valence-electron chi connectivity index (χ0n) is 16.3. The number of benzene rings is 4. The van der Waals surface area contributed by atoms with E-state index in [0.717, 1.165) is 39.6 Å². The number of rotatable bonds is 5. The van der Waals surface area contributed by atoms with E-state index in [1.54, 1.807) is 0 Å². The normalized spacial score (nSPS) is 11.9. The number of hydrogen-bond acceptors (Lipinski definition) is 2. The second kappa shape index (κ2) is 7.59. The van der Waals surface area contributed by atoms with Gasteiger partial charge in [0.1, 0.15) is 5.60 Å². The minimum absolute atomic E-state index is 0.752. The Hall–Kier alpha value is -2.94. The molecule has 0 aliphatic carbocycles. The van der Waals surface area contributed by atoms with Crippen LogP contribution in [0.2, 0.25) is 0 Å². The molecule has 0 fully saturated rings. The molecule has 0 unspecified atom stereocenters. The fourth-order valence-electron chi connectivity index (χ4n) is 4.03. The van der Waals surface area contributed by atoms with Gasteiger partial charge in [0.05, 0.1) is 0 Å². The van der Waals surface area contributed by atoms with Crippen molar-refractivity contribution in [3.05, 3.63) is 119 Å². The van der Waals surface area contributed by atoms with E-state index in [4.69, 9.17) is 0 Å². The summed E-state index contributed by atoms with van der Waals surface area (Å²) in [5, 5.41) is 14.6. The van der Waals surface area contributed by atoms with E-state index < -0.39 is 5.60 Å². The second-order valence-electron chi connectivity index (χ2n) is 7.50. The quantitative estimate of drug-likeness (QED) is 0.491. The van der Waals surface area contributed by atoms with Gasteiger partial charge < -0.3 is 10.0 Å². The molecule has 0 bridgehead atoms. The SMILES string of the molecule is CN(C)Cc1ccc2ccccc2c1C(O)(c1ccccc1)c1ccccc1. The summed E-state index contributed by atoms with van der Waals surface area (Å²) in [5.74, 6) is 0. The third-order valence-corrected chi connectivity index (χ3v) is 5.25. The van der Waals surface area contributed by atoms with Gasteiger partial charge in [-0.05, 0) is 41.6 Å². The second-order valence-corrected chi connectivity index (χ2v) is 7.50. The zero-order chi connectivity index (χ0) is 19.6. The molecule has 0 spiro atoms. The summed E-state index contributed by atoms with van der Waals surface area (Å²) in [5.41, 5.74) is 2.58. The Kier molecular flexibility index (Phi) is 4.99. The van der Waals surface area contributed by atoms with Gasteiger partial charge in [0.2, 0.25) is 0 Å². The fourth-order valence-corrected chi connectivity index (χ4v) is 4.03. The van der Waals surface area contributed by atoms with Crippen LogP contribution in [-0.4, -0.2) is 24.1 Å². The summed E-state index contributed by atoms with van der Waals surface area (Å²) >= 11 is 0. The zero-order valence-corrected chi connectivity index (χ0v) is 16.3. The molecule has 0 radical (unpaired) electrons. The molecule has 0 atom stereocenters. The highest BCUT2D eigenvalue weighted by Gasteiger charge is 2.37. The third kappa shape index (κ3) is 3.22. The van der Waals surface area contributed by atoms with Crippen molar-refractivity contribution in [2.75, 3.05) is 14.1 Å². The first-order valence-electron chi connectivity index (χ1n) is 9.60. The average Bonchev–Trinajstić information content (AvgIpc) is 2.74. The maximum absolute atomic E-state index is 12.4. The van der Waals surface area contributed by atoms with Crippen LogP contribution in [0.4, 0.5) is 0 Å². The predicted molar refractivity (Wildman–Crippen MR) is 116 cm³/mol. The van der Waals surface area contributed by atoms with Crippen LogP contribution in [0.15, 0.2) is 97.1 Å². The van der Waals surface area contributed by atoms with Crippen molar-refractivity contribution < 1.29 is 5.11 Å². The first-order chi connectivity index (χ1) is 13.6. The summed E-state index contributed by atoms with van der Waals surface area (Å²) in [6.45, 7) is 0.752. The van der Waals surface area contributed by atoms with Crippen molar-refractivity contribution >= 4 is 10.8 Å². The van der Waals surface area contributed by atoms with Crippen LogP contribution in [0.1, 0.15) is 22.3 Å². The summed E-state index contributed by atoms with van der Waals surface area (Å²) in [4.78, 5) is 2.14. The Bertz CT molecular complexity index is 1030. The number of hydrogen-bond donors (Lipinski definition) is 1. The van der Waals surface area contributed by atoms with Gasteiger partial charge in [-0.2, -0.15) is 0 Å². The lowest BCUT2D eigenvalue weighted by Gasteiger charge is -2.34. The minimum Gasteiger partial charge on any atom is -0.376 e. The molecule has 0 saturated carbocycles. The standard InChI is InChI=1S/C26H25NO/c1-27(2)19-21-18-17-20-11-9-10-16-24(20)25(21)26(28,22-12-5-3-6-13-22)23-14-7-4-8-15-23/h3-18,28H,19H2,1-2H3. The lowest BCUT2D eigenvalue weighted by Crippen LogP contribution is -2.31. The largest absolute Gasteiger partial charge is 0.376 e. The molecule has 0 amide bonds. The summed E-state index contributed by atoms with van der Waals surface area (Å²) < 4.78 is 0. The van der Waals surface area contributed by atoms with Crippen molar-refractivity contribution in [1.29, 1.82) is 0 Å². The molecular weight excluding hydrogens is 342 g/mol. The van der Waals surface area contributed by atoms with Gasteiger partial charge in [0.15, 0.2) is 0 Å². The van der Waals surface area contributed by atoms with Gasteiger partial charge >= 0.3 is 0 Å². The van der Waals surface area contributed by atoms with E-state index in [9.17, 15) is 5.11 Å². The number of aliphatic hydroxyl groups is 1. The molecule has 0 heterocycles. The molecule has 140 valence electrons.